The summed E-state index contributed by atoms with van der Waals surface area (Å²) < 4.78 is 50.6. The average Bonchev–Trinajstić information content (AvgIpc) is 3.47. The van der Waals surface area contributed by atoms with Gasteiger partial charge in [-0.05, 0) is 98.2 Å². The summed E-state index contributed by atoms with van der Waals surface area (Å²) in [4.78, 5) is 27.5. The minimum Gasteiger partial charge on any atom is -0.508 e. The summed E-state index contributed by atoms with van der Waals surface area (Å²) >= 11 is 1.25. The first kappa shape index (κ1) is 27.1. The van der Waals surface area contributed by atoms with E-state index >= 15 is 0 Å². The third-order valence-electron chi connectivity index (χ3n) is 7.93. The Morgan fingerprint density at radius 3 is 2.30 bits per heavy atom. The molecule has 0 unspecified atom stereocenters. The number of carboxylic acid groups (broad SMARTS) is 1. The van der Waals surface area contributed by atoms with Crippen molar-refractivity contribution in [2.24, 2.45) is 0 Å². The number of rotatable bonds is 10. The van der Waals surface area contributed by atoms with E-state index in [4.69, 9.17) is 19.7 Å². The molecule has 2 saturated heterocycles. The standard InChI is InChI=1S/C34H35NO10S/c36-21-8-13-24-25(18-21)46-32(20-6-11-23(12-7-20)44-34-30(40)28(38)29(39)31(45-34)33(41)42)26(24)27(37)19-4-9-22(10-5-19)43-17-16-35-14-2-1-3-15-35/h4-13,18,28-31,34,36,38-40H,1-3,14-17H2,(H,41,42)/t28-,29-,30+,31-,34+/m0/s1/i16D2,17D2. The molecule has 0 bridgehead atoms. The van der Waals surface area contributed by atoms with Gasteiger partial charge < -0.3 is 39.7 Å². The van der Waals surface area contributed by atoms with Crippen molar-refractivity contribution >= 4 is 33.2 Å². The van der Waals surface area contributed by atoms with Gasteiger partial charge in [0.25, 0.3) is 0 Å². The lowest BCUT2D eigenvalue weighted by Crippen LogP contribution is -2.61. The number of ketones is 1. The number of nitrogens with zero attached hydrogens (tertiary/aromatic N) is 1. The van der Waals surface area contributed by atoms with Crippen LogP contribution in [0.25, 0.3) is 20.5 Å². The number of carboxylic acids is 1. The Labute approximate surface area is 274 Å². The van der Waals surface area contributed by atoms with E-state index < -0.39 is 49.7 Å². The summed E-state index contributed by atoms with van der Waals surface area (Å²) in [6.07, 6.45) is -6.36. The number of hydrogen-bond acceptors (Lipinski definition) is 11. The molecule has 0 saturated carbocycles. The Balaban J connectivity index is 1.25. The van der Waals surface area contributed by atoms with Gasteiger partial charge in [0.05, 0.1) is 2.74 Å². The topological polar surface area (TPSA) is 166 Å². The minimum absolute atomic E-state index is 0.00578. The minimum atomic E-state index is -2.68. The van der Waals surface area contributed by atoms with Gasteiger partial charge in [0.1, 0.15) is 42.1 Å². The molecule has 5 atom stereocenters. The Morgan fingerprint density at radius 2 is 1.61 bits per heavy atom. The number of likely N-dealkylation sites (tertiary alicyclic amines) is 1. The van der Waals surface area contributed by atoms with Crippen LogP contribution < -0.4 is 9.47 Å². The van der Waals surface area contributed by atoms with Crippen molar-refractivity contribution in [3.05, 3.63) is 77.9 Å². The molecule has 46 heavy (non-hydrogen) atoms. The van der Waals surface area contributed by atoms with Crippen LogP contribution in [0.5, 0.6) is 17.2 Å². The fourth-order valence-electron chi connectivity index (χ4n) is 5.45. The normalized spacial score (nSPS) is 25.6. The number of aliphatic hydroxyl groups is 3. The predicted molar refractivity (Wildman–Crippen MR) is 170 cm³/mol. The summed E-state index contributed by atoms with van der Waals surface area (Å²) in [5.74, 6) is -1.73. The van der Waals surface area contributed by atoms with Crippen molar-refractivity contribution < 1.29 is 54.8 Å². The molecule has 0 spiro atoms. The largest absolute Gasteiger partial charge is 0.508 e. The van der Waals surface area contributed by atoms with Gasteiger partial charge in [0, 0.05) is 35.3 Å². The van der Waals surface area contributed by atoms with Crippen LogP contribution in [0.1, 0.15) is 40.7 Å². The smallest absolute Gasteiger partial charge is 0.335 e. The van der Waals surface area contributed by atoms with Gasteiger partial charge in [0.2, 0.25) is 6.29 Å². The first-order valence-electron chi connectivity index (χ1n) is 16.7. The molecule has 11 nitrogen and oxygen atoms in total. The molecule has 0 amide bonds. The predicted octanol–water partition coefficient (Wildman–Crippen LogP) is 3.64. The number of hydrogen-bond donors (Lipinski definition) is 5. The van der Waals surface area contributed by atoms with Crippen LogP contribution in [0, 0.1) is 0 Å². The van der Waals surface area contributed by atoms with Crippen LogP contribution in [0.3, 0.4) is 0 Å². The molecule has 4 aromatic rings. The van der Waals surface area contributed by atoms with Gasteiger partial charge in [-0.2, -0.15) is 0 Å². The molecule has 0 radical (unpaired) electrons. The number of ether oxygens (including phenoxy) is 3. The second-order valence-corrected chi connectivity index (χ2v) is 12.1. The highest BCUT2D eigenvalue weighted by Gasteiger charge is 2.48. The first-order chi connectivity index (χ1) is 23.7. The van der Waals surface area contributed by atoms with E-state index in [2.05, 4.69) is 0 Å². The first-order valence-corrected chi connectivity index (χ1v) is 15.5. The molecule has 5 N–H and O–H groups in total. The summed E-state index contributed by atoms with van der Waals surface area (Å²) in [6.45, 7) is -4.21. The summed E-state index contributed by atoms with van der Waals surface area (Å²) in [5, 5.41) is 50.4. The number of aliphatic carboxylic acids is 1. The lowest BCUT2D eigenvalue weighted by atomic mass is 9.97. The fraction of sp³-hybridized carbons (Fsp3) is 0.353. The van der Waals surface area contributed by atoms with Gasteiger partial charge in [-0.3, -0.25) is 9.69 Å². The molecule has 0 aliphatic carbocycles. The van der Waals surface area contributed by atoms with E-state index in [9.17, 15) is 35.1 Å². The zero-order valence-corrected chi connectivity index (χ0v) is 25.2. The maximum absolute atomic E-state index is 14.1. The van der Waals surface area contributed by atoms with E-state index in [1.807, 2.05) is 0 Å². The molecule has 6 rings (SSSR count). The summed E-state index contributed by atoms with van der Waals surface area (Å²) in [7, 11) is 0. The Kier molecular flexibility index (Phi) is 8.11. The van der Waals surface area contributed by atoms with Gasteiger partial charge in [0.15, 0.2) is 11.9 Å². The molecule has 2 fully saturated rings. The number of aliphatic hydroxyl groups excluding tert-OH is 3. The van der Waals surface area contributed by atoms with Crippen molar-refractivity contribution in [3.8, 4) is 27.7 Å². The highest BCUT2D eigenvalue weighted by molar-refractivity contribution is 7.22. The average molecular weight is 654 g/mol. The summed E-state index contributed by atoms with van der Waals surface area (Å²) in [5.41, 5.74) is 1.16. The number of carbonyl (C=O) groups is 2. The third-order valence-corrected chi connectivity index (χ3v) is 9.13. The highest BCUT2D eigenvalue weighted by Crippen LogP contribution is 2.42. The monoisotopic (exact) mass is 653 g/mol. The number of phenolic OH excluding ortho intramolecular Hbond substituents is 1. The zero-order chi connectivity index (χ0) is 36.0. The molecule has 2 aliphatic heterocycles. The summed E-state index contributed by atoms with van der Waals surface area (Å²) in [6, 6.07) is 16.6. The van der Waals surface area contributed by atoms with E-state index in [0.717, 1.165) is 19.3 Å². The van der Waals surface area contributed by atoms with Crippen molar-refractivity contribution in [3.63, 3.8) is 0 Å². The molecule has 3 aromatic carbocycles. The van der Waals surface area contributed by atoms with E-state index in [-0.39, 0.29) is 28.6 Å². The van der Waals surface area contributed by atoms with Gasteiger partial charge in [-0.25, -0.2) is 4.79 Å². The van der Waals surface area contributed by atoms with Crippen molar-refractivity contribution in [2.75, 3.05) is 26.1 Å². The number of fused-ring (bicyclic) bond motifs is 1. The quantitative estimate of drug-likeness (QED) is 0.159. The van der Waals surface area contributed by atoms with Crippen LogP contribution >= 0.6 is 11.3 Å². The maximum atomic E-state index is 14.1. The molecule has 242 valence electrons. The van der Waals surface area contributed by atoms with Crippen LogP contribution in [-0.2, 0) is 9.53 Å². The van der Waals surface area contributed by atoms with Crippen LogP contribution in [0.4, 0.5) is 0 Å². The Morgan fingerprint density at radius 1 is 0.913 bits per heavy atom. The number of carbonyl (C=O) groups excluding carboxylic acids is 1. The van der Waals surface area contributed by atoms with E-state index in [0.29, 0.717) is 39.2 Å². The lowest BCUT2D eigenvalue weighted by Gasteiger charge is -2.38. The maximum Gasteiger partial charge on any atom is 0.335 e. The van der Waals surface area contributed by atoms with Gasteiger partial charge in [-0.15, -0.1) is 11.3 Å². The number of piperidine rings is 1. The molecule has 1 aromatic heterocycles. The second kappa shape index (κ2) is 13.8. The number of thiophene rings is 1. The van der Waals surface area contributed by atoms with Gasteiger partial charge in [-0.1, -0.05) is 6.42 Å². The van der Waals surface area contributed by atoms with E-state index in [1.165, 1.54) is 64.8 Å². The molecular weight excluding hydrogens is 614 g/mol. The zero-order valence-electron chi connectivity index (χ0n) is 28.4. The van der Waals surface area contributed by atoms with Crippen molar-refractivity contribution in [1.29, 1.82) is 0 Å². The van der Waals surface area contributed by atoms with Crippen LogP contribution in [0.15, 0.2) is 66.7 Å². The third kappa shape index (κ3) is 6.73. The van der Waals surface area contributed by atoms with Crippen molar-refractivity contribution in [1.82, 2.24) is 4.90 Å². The fourth-order valence-corrected chi connectivity index (χ4v) is 6.69. The molecule has 12 heteroatoms. The SMILES string of the molecule is [2H]C([2H])(Oc1ccc(C(=O)c2c(-c3ccc(O[C@@H]4O[C@H](C(=O)O)[C@@H](O)[C@H](O)[C@H]4O)cc3)sc3cc(O)ccc23)cc1)C([2H])([2H])N1CCCCC1. The lowest BCUT2D eigenvalue weighted by molar-refractivity contribution is -0.271. The van der Waals surface area contributed by atoms with Crippen LogP contribution in [0.2, 0.25) is 0 Å². The Bertz CT molecular complexity index is 1860. The van der Waals surface area contributed by atoms with Crippen molar-refractivity contribution in [2.45, 2.75) is 50.0 Å². The Hall–Kier alpha value is -4.04. The molecular formula is C34H35NO10S. The molecule has 3 heterocycles. The number of aromatic hydroxyl groups is 1. The second-order valence-electron chi connectivity index (χ2n) is 11.1. The van der Waals surface area contributed by atoms with E-state index in [1.54, 1.807) is 18.2 Å². The number of phenols is 1. The highest BCUT2D eigenvalue weighted by atomic mass is 32.1. The van der Waals surface area contributed by atoms with Gasteiger partial charge >= 0.3 is 5.97 Å². The molecule has 2 aliphatic rings. The van der Waals surface area contributed by atoms with Crippen LogP contribution in [-0.4, -0.2) is 99.0 Å². The number of benzene rings is 3.